The lowest BCUT2D eigenvalue weighted by atomic mass is 10.0. The maximum Gasteiger partial charge on any atom is 0.266 e. The summed E-state index contributed by atoms with van der Waals surface area (Å²) in [7, 11) is 0. The first kappa shape index (κ1) is 24.2. The van der Waals surface area contributed by atoms with E-state index in [1.165, 1.54) is 5.56 Å². The lowest BCUT2D eigenvalue weighted by Crippen LogP contribution is -2.41. The molecule has 180 valence electrons. The Balaban J connectivity index is 1.89. The van der Waals surface area contributed by atoms with Crippen molar-refractivity contribution in [3.05, 3.63) is 70.3 Å². The van der Waals surface area contributed by atoms with Gasteiger partial charge in [0.2, 0.25) is 5.91 Å². The van der Waals surface area contributed by atoms with Gasteiger partial charge in [-0.2, -0.15) is 0 Å². The van der Waals surface area contributed by atoms with E-state index in [1.807, 2.05) is 41.3 Å². The number of nitrogens with zero attached hydrogens (tertiary/aromatic N) is 3. The Morgan fingerprint density at radius 2 is 1.76 bits per heavy atom. The number of unbranched alkanes of at least 4 members (excludes halogenated alkanes) is 1. The summed E-state index contributed by atoms with van der Waals surface area (Å²) in [4.78, 5) is 34.6. The summed E-state index contributed by atoms with van der Waals surface area (Å²) in [5.41, 5.74) is 2.64. The molecule has 5 heteroatoms. The molecule has 34 heavy (non-hydrogen) atoms. The Hall–Kier alpha value is -2.95. The molecule has 5 nitrogen and oxygen atoms in total. The fourth-order valence-electron chi connectivity index (χ4n) is 5.20. The van der Waals surface area contributed by atoms with Crippen molar-refractivity contribution >= 4 is 16.8 Å². The minimum absolute atomic E-state index is 0.0768. The van der Waals surface area contributed by atoms with Crippen LogP contribution < -0.4 is 5.56 Å². The molecule has 0 spiro atoms. The normalized spacial score (nSPS) is 15.0. The molecule has 1 amide bonds. The van der Waals surface area contributed by atoms with E-state index in [0.29, 0.717) is 29.7 Å². The smallest absolute Gasteiger partial charge is 0.266 e. The number of aryl methyl sites for hydroxylation is 1. The third-order valence-electron chi connectivity index (χ3n) is 7.21. The van der Waals surface area contributed by atoms with Crippen LogP contribution >= 0.6 is 0 Å². The van der Waals surface area contributed by atoms with Crippen LogP contribution in [0, 0.1) is 5.92 Å². The van der Waals surface area contributed by atoms with Gasteiger partial charge < -0.3 is 4.90 Å². The molecule has 0 saturated heterocycles. The van der Waals surface area contributed by atoms with E-state index in [1.54, 1.807) is 4.57 Å². The molecule has 1 aliphatic carbocycles. The van der Waals surface area contributed by atoms with Gasteiger partial charge in [0.15, 0.2) is 0 Å². The summed E-state index contributed by atoms with van der Waals surface area (Å²) in [5.74, 6) is 0.987. The van der Waals surface area contributed by atoms with Gasteiger partial charge >= 0.3 is 0 Å². The summed E-state index contributed by atoms with van der Waals surface area (Å²) >= 11 is 0. The quantitative estimate of drug-likeness (QED) is 0.382. The number of benzene rings is 2. The monoisotopic (exact) mass is 459 g/mol. The van der Waals surface area contributed by atoms with E-state index < -0.39 is 0 Å². The summed E-state index contributed by atoms with van der Waals surface area (Å²) in [6.45, 7) is 7.06. The highest BCUT2D eigenvalue weighted by molar-refractivity contribution is 5.80. The van der Waals surface area contributed by atoms with E-state index in [4.69, 9.17) is 4.98 Å². The zero-order chi connectivity index (χ0) is 24.1. The number of hydrogen-bond donors (Lipinski definition) is 0. The van der Waals surface area contributed by atoms with E-state index >= 15 is 0 Å². The Labute approximate surface area is 202 Å². The first-order valence-corrected chi connectivity index (χ1v) is 13.0. The number of aromatic nitrogens is 2. The number of hydrogen-bond acceptors (Lipinski definition) is 3. The van der Waals surface area contributed by atoms with Crippen molar-refractivity contribution in [1.82, 2.24) is 14.5 Å². The number of para-hydroxylation sites is 1. The van der Waals surface area contributed by atoms with E-state index in [-0.39, 0.29) is 23.4 Å². The Kier molecular flexibility index (Phi) is 7.81. The SMILES string of the molecule is CCCCN(C(=O)C1CCCC1)C(CC)c1nc2ccccc2c(=O)n1-c1ccc(CC)cc1. The van der Waals surface area contributed by atoms with Gasteiger partial charge in [-0.15, -0.1) is 0 Å². The zero-order valence-electron chi connectivity index (χ0n) is 20.8. The molecule has 0 N–H and O–H groups in total. The van der Waals surface area contributed by atoms with E-state index in [0.717, 1.165) is 50.6 Å². The van der Waals surface area contributed by atoms with Crippen molar-refractivity contribution in [1.29, 1.82) is 0 Å². The molecule has 1 atom stereocenters. The predicted octanol–water partition coefficient (Wildman–Crippen LogP) is 6.22. The van der Waals surface area contributed by atoms with Crippen LogP contribution in [0.5, 0.6) is 0 Å². The highest BCUT2D eigenvalue weighted by Crippen LogP contribution is 2.32. The first-order valence-electron chi connectivity index (χ1n) is 13.0. The van der Waals surface area contributed by atoms with Crippen LogP contribution in [0.2, 0.25) is 0 Å². The molecule has 3 aromatic rings. The van der Waals surface area contributed by atoms with Crippen molar-refractivity contribution in [3.63, 3.8) is 0 Å². The molecule has 1 fully saturated rings. The summed E-state index contributed by atoms with van der Waals surface area (Å²) in [6.07, 6.45) is 7.78. The second-order valence-electron chi connectivity index (χ2n) is 9.44. The fraction of sp³-hybridized carbons (Fsp3) is 0.483. The van der Waals surface area contributed by atoms with Crippen LogP contribution in [0.25, 0.3) is 16.6 Å². The van der Waals surface area contributed by atoms with Crippen LogP contribution in [-0.4, -0.2) is 26.9 Å². The van der Waals surface area contributed by atoms with Gasteiger partial charge in [0.25, 0.3) is 5.56 Å². The molecule has 1 aromatic heterocycles. The van der Waals surface area contributed by atoms with Gasteiger partial charge in [-0.3, -0.25) is 14.2 Å². The largest absolute Gasteiger partial charge is 0.332 e. The minimum Gasteiger partial charge on any atom is -0.332 e. The van der Waals surface area contributed by atoms with Crippen LogP contribution in [0.1, 0.15) is 83.1 Å². The summed E-state index contributed by atoms with van der Waals surface area (Å²) < 4.78 is 1.75. The van der Waals surface area contributed by atoms with Gasteiger partial charge in [-0.1, -0.05) is 64.3 Å². The highest BCUT2D eigenvalue weighted by atomic mass is 16.2. The molecular weight excluding hydrogens is 422 g/mol. The zero-order valence-corrected chi connectivity index (χ0v) is 20.8. The fourth-order valence-corrected chi connectivity index (χ4v) is 5.20. The average molecular weight is 460 g/mol. The van der Waals surface area contributed by atoms with Crippen LogP contribution in [0.15, 0.2) is 53.3 Å². The highest BCUT2D eigenvalue weighted by Gasteiger charge is 2.33. The molecule has 0 bridgehead atoms. The van der Waals surface area contributed by atoms with Crippen molar-refractivity contribution in [2.75, 3.05) is 6.54 Å². The predicted molar refractivity (Wildman–Crippen MR) is 138 cm³/mol. The first-order chi connectivity index (χ1) is 16.6. The van der Waals surface area contributed by atoms with Gasteiger partial charge in [-0.05, 0) is 61.9 Å². The second kappa shape index (κ2) is 11.0. The van der Waals surface area contributed by atoms with E-state index in [9.17, 15) is 9.59 Å². The molecule has 4 rings (SSSR count). The molecule has 1 saturated carbocycles. The van der Waals surface area contributed by atoms with Gasteiger partial charge in [-0.25, -0.2) is 4.98 Å². The summed E-state index contributed by atoms with van der Waals surface area (Å²) in [5, 5.41) is 0.600. The van der Waals surface area contributed by atoms with Crippen LogP contribution in [0.3, 0.4) is 0 Å². The lowest BCUT2D eigenvalue weighted by molar-refractivity contribution is -0.138. The third-order valence-corrected chi connectivity index (χ3v) is 7.21. The maximum absolute atomic E-state index is 13.8. The minimum atomic E-state index is -0.247. The van der Waals surface area contributed by atoms with Crippen molar-refractivity contribution < 1.29 is 4.79 Å². The van der Waals surface area contributed by atoms with Crippen LogP contribution in [-0.2, 0) is 11.2 Å². The summed E-state index contributed by atoms with van der Waals surface area (Å²) in [6, 6.07) is 15.4. The second-order valence-corrected chi connectivity index (χ2v) is 9.44. The topological polar surface area (TPSA) is 55.2 Å². The number of amides is 1. The lowest BCUT2D eigenvalue weighted by Gasteiger charge is -2.34. The Morgan fingerprint density at radius 3 is 2.41 bits per heavy atom. The van der Waals surface area contributed by atoms with Crippen molar-refractivity contribution in [3.8, 4) is 5.69 Å². The Bertz CT molecular complexity index is 1180. The number of fused-ring (bicyclic) bond motifs is 1. The van der Waals surface area contributed by atoms with E-state index in [2.05, 4.69) is 32.9 Å². The number of carbonyl (C=O) groups is 1. The van der Waals surface area contributed by atoms with Crippen LogP contribution in [0.4, 0.5) is 0 Å². The molecule has 0 aliphatic heterocycles. The molecule has 1 aliphatic rings. The van der Waals surface area contributed by atoms with Crippen molar-refractivity contribution in [2.45, 2.75) is 78.2 Å². The molecule has 0 radical (unpaired) electrons. The maximum atomic E-state index is 13.8. The Morgan fingerprint density at radius 1 is 1.06 bits per heavy atom. The average Bonchev–Trinajstić information content (AvgIpc) is 3.41. The standard InChI is InChI=1S/C29H37N3O2/c1-4-7-20-31(28(33)22-12-8-9-13-22)26(6-3)27-30-25-15-11-10-14-24(25)29(34)32(27)23-18-16-21(5-2)17-19-23/h10-11,14-19,22,26H,4-9,12-13,20H2,1-3H3. The molecule has 1 unspecified atom stereocenters. The molecule has 2 aromatic carbocycles. The molecular formula is C29H37N3O2. The van der Waals surface area contributed by atoms with Crippen molar-refractivity contribution in [2.24, 2.45) is 5.92 Å². The van der Waals surface area contributed by atoms with Gasteiger partial charge in [0, 0.05) is 12.5 Å². The molecule has 1 heterocycles. The van der Waals surface area contributed by atoms with Gasteiger partial charge in [0.1, 0.15) is 5.82 Å². The number of carbonyl (C=O) groups excluding carboxylic acids is 1. The third kappa shape index (κ3) is 4.79. The van der Waals surface area contributed by atoms with Gasteiger partial charge in [0.05, 0.1) is 22.6 Å². The number of rotatable bonds is 9.